The standard InChI is InChI=1S/C16H22F3N3O3/c1-9-13(10(2)25-21-9)8-22(3)15(24)14(23)20-12-6-4-5-11(7-12)16(17,18)19/h11-12H,4-8H2,1-3H3,(H,20,23)/t11-,12+/m1/s1. The second kappa shape index (κ2) is 7.45. The van der Waals surface area contributed by atoms with E-state index in [0.29, 0.717) is 29.9 Å². The van der Waals surface area contributed by atoms with Crippen LogP contribution in [0.2, 0.25) is 0 Å². The maximum Gasteiger partial charge on any atom is 0.391 e. The Hall–Kier alpha value is -2.06. The van der Waals surface area contributed by atoms with Crippen LogP contribution in [0.1, 0.15) is 42.7 Å². The maximum atomic E-state index is 12.8. The molecule has 0 saturated heterocycles. The number of hydrogen-bond acceptors (Lipinski definition) is 4. The van der Waals surface area contributed by atoms with Crippen molar-refractivity contribution in [1.82, 2.24) is 15.4 Å². The van der Waals surface area contributed by atoms with Gasteiger partial charge in [0.2, 0.25) is 0 Å². The van der Waals surface area contributed by atoms with Gasteiger partial charge in [-0.25, -0.2) is 0 Å². The van der Waals surface area contributed by atoms with Gasteiger partial charge in [0.15, 0.2) is 0 Å². The van der Waals surface area contributed by atoms with Gasteiger partial charge in [-0.1, -0.05) is 11.6 Å². The third-order valence-corrected chi connectivity index (χ3v) is 4.59. The Morgan fingerprint density at radius 2 is 2.00 bits per heavy atom. The third-order valence-electron chi connectivity index (χ3n) is 4.59. The van der Waals surface area contributed by atoms with Gasteiger partial charge in [-0.2, -0.15) is 13.2 Å². The van der Waals surface area contributed by atoms with E-state index in [2.05, 4.69) is 10.5 Å². The van der Waals surface area contributed by atoms with Crippen LogP contribution < -0.4 is 5.32 Å². The largest absolute Gasteiger partial charge is 0.391 e. The summed E-state index contributed by atoms with van der Waals surface area (Å²) in [6, 6.07) is -0.635. The molecular formula is C16H22F3N3O3. The molecule has 6 nitrogen and oxygen atoms in total. The molecule has 1 aromatic rings. The van der Waals surface area contributed by atoms with Crippen molar-refractivity contribution in [2.75, 3.05) is 7.05 Å². The van der Waals surface area contributed by atoms with Crippen molar-refractivity contribution < 1.29 is 27.3 Å². The highest BCUT2D eigenvalue weighted by Crippen LogP contribution is 2.37. The van der Waals surface area contributed by atoms with Gasteiger partial charge < -0.3 is 14.7 Å². The quantitative estimate of drug-likeness (QED) is 0.840. The van der Waals surface area contributed by atoms with E-state index in [4.69, 9.17) is 4.52 Å². The third kappa shape index (κ3) is 4.73. The number of rotatable bonds is 3. The first-order valence-electron chi connectivity index (χ1n) is 8.14. The molecule has 1 N–H and O–H groups in total. The SMILES string of the molecule is Cc1noc(C)c1CN(C)C(=O)C(=O)N[C@H]1CCC[C@@H](C(F)(F)F)C1. The second-order valence-corrected chi connectivity index (χ2v) is 6.54. The number of carbonyl (C=O) groups excluding carboxylic acids is 2. The van der Waals surface area contributed by atoms with Crippen molar-refractivity contribution in [3.63, 3.8) is 0 Å². The van der Waals surface area contributed by atoms with E-state index in [-0.39, 0.29) is 19.4 Å². The molecule has 0 unspecified atom stereocenters. The number of nitrogens with one attached hydrogen (secondary N) is 1. The Morgan fingerprint density at radius 1 is 1.32 bits per heavy atom. The number of likely N-dealkylation sites (N-methyl/N-ethyl adjacent to an activating group) is 1. The van der Waals surface area contributed by atoms with Crippen LogP contribution in [0.15, 0.2) is 4.52 Å². The van der Waals surface area contributed by atoms with Crippen LogP contribution in [0.3, 0.4) is 0 Å². The van der Waals surface area contributed by atoms with Crippen molar-refractivity contribution in [1.29, 1.82) is 0 Å². The predicted molar refractivity (Wildman–Crippen MR) is 82.4 cm³/mol. The molecule has 1 aromatic heterocycles. The highest BCUT2D eigenvalue weighted by atomic mass is 19.4. The number of nitrogens with zero attached hydrogens (tertiary/aromatic N) is 2. The molecule has 2 atom stereocenters. The highest BCUT2D eigenvalue weighted by Gasteiger charge is 2.42. The Balaban J connectivity index is 1.92. The number of hydrogen-bond donors (Lipinski definition) is 1. The molecule has 0 aliphatic heterocycles. The molecule has 1 heterocycles. The van der Waals surface area contributed by atoms with Gasteiger partial charge in [0.25, 0.3) is 0 Å². The molecule has 140 valence electrons. The van der Waals surface area contributed by atoms with Crippen molar-refractivity contribution in [3.05, 3.63) is 17.0 Å². The molecule has 0 aromatic carbocycles. The minimum Gasteiger partial charge on any atom is -0.361 e. The second-order valence-electron chi connectivity index (χ2n) is 6.54. The normalized spacial score (nSPS) is 21.0. The monoisotopic (exact) mass is 361 g/mol. The fraction of sp³-hybridized carbons (Fsp3) is 0.688. The zero-order chi connectivity index (χ0) is 18.8. The first-order valence-corrected chi connectivity index (χ1v) is 8.14. The average molecular weight is 361 g/mol. The van der Waals surface area contributed by atoms with Gasteiger partial charge >= 0.3 is 18.0 Å². The van der Waals surface area contributed by atoms with E-state index in [9.17, 15) is 22.8 Å². The van der Waals surface area contributed by atoms with Crippen molar-refractivity contribution in [3.8, 4) is 0 Å². The summed E-state index contributed by atoms with van der Waals surface area (Å²) in [5.74, 6) is -2.56. The highest BCUT2D eigenvalue weighted by molar-refractivity contribution is 6.34. The van der Waals surface area contributed by atoms with E-state index in [1.165, 1.54) is 11.9 Å². The fourth-order valence-corrected chi connectivity index (χ4v) is 3.08. The van der Waals surface area contributed by atoms with E-state index in [0.717, 1.165) is 0 Å². The average Bonchev–Trinajstić information content (AvgIpc) is 2.85. The molecular weight excluding hydrogens is 339 g/mol. The molecule has 9 heteroatoms. The maximum absolute atomic E-state index is 12.8. The van der Waals surface area contributed by atoms with Gasteiger partial charge in [0.05, 0.1) is 18.2 Å². The number of aryl methyl sites for hydroxylation is 2. The minimum atomic E-state index is -4.27. The summed E-state index contributed by atoms with van der Waals surface area (Å²) in [5, 5.41) is 6.22. The Bertz CT molecular complexity index is 623. The molecule has 1 fully saturated rings. The van der Waals surface area contributed by atoms with Crippen LogP contribution in [-0.4, -0.2) is 41.1 Å². The number of carbonyl (C=O) groups is 2. The lowest BCUT2D eigenvalue weighted by molar-refractivity contribution is -0.184. The molecule has 0 radical (unpaired) electrons. The molecule has 1 saturated carbocycles. The van der Waals surface area contributed by atoms with Crippen LogP contribution >= 0.6 is 0 Å². The van der Waals surface area contributed by atoms with Gasteiger partial charge in [-0.15, -0.1) is 0 Å². The molecule has 2 amide bonds. The zero-order valence-corrected chi connectivity index (χ0v) is 14.4. The van der Waals surface area contributed by atoms with Gasteiger partial charge in [-0.05, 0) is 33.1 Å². The van der Waals surface area contributed by atoms with E-state index in [1.54, 1.807) is 13.8 Å². The Morgan fingerprint density at radius 3 is 2.56 bits per heavy atom. The van der Waals surface area contributed by atoms with Crippen LogP contribution in [0.25, 0.3) is 0 Å². The van der Waals surface area contributed by atoms with Crippen molar-refractivity contribution >= 4 is 11.8 Å². The summed E-state index contributed by atoms with van der Waals surface area (Å²) in [6.45, 7) is 3.57. The summed E-state index contributed by atoms with van der Waals surface area (Å²) in [5.41, 5.74) is 1.33. The molecule has 0 bridgehead atoms. The zero-order valence-electron chi connectivity index (χ0n) is 14.4. The number of alkyl halides is 3. The van der Waals surface area contributed by atoms with Crippen molar-refractivity contribution in [2.45, 2.75) is 58.3 Å². The van der Waals surface area contributed by atoms with Crippen molar-refractivity contribution in [2.24, 2.45) is 5.92 Å². The van der Waals surface area contributed by atoms with Crippen LogP contribution in [0.5, 0.6) is 0 Å². The molecule has 25 heavy (non-hydrogen) atoms. The molecule has 0 spiro atoms. The van der Waals surface area contributed by atoms with Crippen LogP contribution in [0.4, 0.5) is 13.2 Å². The minimum absolute atomic E-state index is 0.0652. The summed E-state index contributed by atoms with van der Waals surface area (Å²) in [4.78, 5) is 25.5. The van der Waals surface area contributed by atoms with Crippen LogP contribution in [-0.2, 0) is 16.1 Å². The van der Waals surface area contributed by atoms with Gasteiger partial charge in [0.1, 0.15) is 5.76 Å². The lowest BCUT2D eigenvalue weighted by Gasteiger charge is -2.31. The Labute approximate surface area is 143 Å². The summed E-state index contributed by atoms with van der Waals surface area (Å²) >= 11 is 0. The summed E-state index contributed by atoms with van der Waals surface area (Å²) in [7, 11) is 1.45. The lowest BCUT2D eigenvalue weighted by Crippen LogP contribution is -2.47. The van der Waals surface area contributed by atoms with E-state index < -0.39 is 30.0 Å². The molecule has 1 aliphatic rings. The first kappa shape index (κ1) is 19.3. The summed E-state index contributed by atoms with van der Waals surface area (Å²) in [6.07, 6.45) is -3.57. The van der Waals surface area contributed by atoms with Crippen LogP contribution in [0, 0.1) is 19.8 Å². The number of amides is 2. The van der Waals surface area contributed by atoms with E-state index in [1.807, 2.05) is 0 Å². The molecule has 2 rings (SSSR count). The summed E-state index contributed by atoms with van der Waals surface area (Å²) < 4.78 is 43.5. The van der Waals surface area contributed by atoms with Gasteiger partial charge in [-0.3, -0.25) is 9.59 Å². The Kier molecular flexibility index (Phi) is 5.74. The fourth-order valence-electron chi connectivity index (χ4n) is 3.08. The smallest absolute Gasteiger partial charge is 0.361 e. The van der Waals surface area contributed by atoms with E-state index >= 15 is 0 Å². The lowest BCUT2D eigenvalue weighted by atomic mass is 9.85. The first-order chi connectivity index (χ1) is 11.6. The molecule has 1 aliphatic carbocycles. The van der Waals surface area contributed by atoms with Gasteiger partial charge in [0, 0.05) is 18.7 Å². The topological polar surface area (TPSA) is 75.4 Å². The number of halogens is 3. The number of aromatic nitrogens is 1. The predicted octanol–water partition coefficient (Wildman–Crippen LogP) is 2.49.